The Morgan fingerprint density at radius 1 is 1.29 bits per heavy atom. The number of halogens is 1. The minimum atomic E-state index is -0.731. The number of allylic oxidation sites excluding steroid dienone is 4. The first-order valence-corrected chi connectivity index (χ1v) is 12.3. The van der Waals surface area contributed by atoms with Gasteiger partial charge in [0.1, 0.15) is 0 Å². The predicted molar refractivity (Wildman–Crippen MR) is 127 cm³/mol. The van der Waals surface area contributed by atoms with Gasteiger partial charge in [-0.2, -0.15) is 0 Å². The first-order chi connectivity index (χ1) is 14.8. The van der Waals surface area contributed by atoms with E-state index in [1.165, 1.54) is 9.13 Å². The molecule has 1 N–H and O–H groups in total. The van der Waals surface area contributed by atoms with E-state index >= 15 is 0 Å². The second kappa shape index (κ2) is 10.2. The van der Waals surface area contributed by atoms with Crippen LogP contribution in [0.4, 0.5) is 0 Å². The third kappa shape index (κ3) is 5.35. The van der Waals surface area contributed by atoms with E-state index < -0.39 is 11.3 Å². The Morgan fingerprint density at radius 2 is 2.03 bits per heavy atom. The van der Waals surface area contributed by atoms with Crippen LogP contribution in [0.1, 0.15) is 46.0 Å². The van der Waals surface area contributed by atoms with E-state index in [-0.39, 0.29) is 12.1 Å². The molecule has 1 aliphatic carbocycles. The fraction of sp³-hybridized carbons (Fsp3) is 0.591. The largest absolute Gasteiger partial charge is 0.390 e. The quantitative estimate of drug-likeness (QED) is 0.311. The Labute approximate surface area is 191 Å². The van der Waals surface area contributed by atoms with Gasteiger partial charge < -0.3 is 9.67 Å². The number of thioether (sulfide) groups is 1. The van der Waals surface area contributed by atoms with Gasteiger partial charge in [0.2, 0.25) is 0 Å². The van der Waals surface area contributed by atoms with E-state index in [9.17, 15) is 14.7 Å². The number of aromatic nitrogens is 4. The van der Waals surface area contributed by atoms with E-state index in [4.69, 9.17) is 11.6 Å². The third-order valence-corrected chi connectivity index (χ3v) is 6.85. The van der Waals surface area contributed by atoms with E-state index in [0.29, 0.717) is 30.0 Å². The summed E-state index contributed by atoms with van der Waals surface area (Å²) in [5, 5.41) is 10.9. The lowest BCUT2D eigenvalue weighted by Crippen LogP contribution is -2.40. The Kier molecular flexibility index (Phi) is 7.88. The van der Waals surface area contributed by atoms with Crippen LogP contribution < -0.4 is 11.2 Å². The van der Waals surface area contributed by atoms with Crippen molar-refractivity contribution < 1.29 is 5.11 Å². The molecule has 1 aliphatic rings. The van der Waals surface area contributed by atoms with Crippen LogP contribution >= 0.6 is 23.4 Å². The molecule has 1 saturated carbocycles. The van der Waals surface area contributed by atoms with Gasteiger partial charge in [-0.25, -0.2) is 9.78 Å². The number of fused-ring (bicyclic) bond motifs is 1. The highest BCUT2D eigenvalue weighted by atomic mass is 35.5. The number of aryl methyl sites for hydroxylation is 1. The van der Waals surface area contributed by atoms with Crippen molar-refractivity contribution >= 4 is 34.5 Å². The summed E-state index contributed by atoms with van der Waals surface area (Å²) in [5.74, 6) is 1.27. The minimum Gasteiger partial charge on any atom is -0.390 e. The number of aliphatic hydroxyl groups is 1. The lowest BCUT2D eigenvalue weighted by atomic mass is 10.2. The number of hydrogen-bond donors (Lipinski definition) is 1. The molecule has 31 heavy (non-hydrogen) atoms. The van der Waals surface area contributed by atoms with E-state index in [0.717, 1.165) is 42.2 Å². The zero-order valence-electron chi connectivity index (χ0n) is 18.4. The van der Waals surface area contributed by atoms with Crippen LogP contribution in [0.15, 0.2) is 38.5 Å². The Hall–Kier alpha value is -1.77. The van der Waals surface area contributed by atoms with Crippen molar-refractivity contribution in [3.8, 4) is 0 Å². The van der Waals surface area contributed by atoms with Gasteiger partial charge in [-0.05, 0) is 37.7 Å². The van der Waals surface area contributed by atoms with Crippen molar-refractivity contribution in [1.82, 2.24) is 18.7 Å². The Bertz CT molecular complexity index is 1110. The summed E-state index contributed by atoms with van der Waals surface area (Å²) in [5.41, 5.74) is 0.371. The fourth-order valence-corrected chi connectivity index (χ4v) is 4.48. The summed E-state index contributed by atoms with van der Waals surface area (Å²) < 4.78 is 4.60. The smallest absolute Gasteiger partial charge is 0.332 e. The topological polar surface area (TPSA) is 82.1 Å². The molecular weight excluding hydrogens is 436 g/mol. The van der Waals surface area contributed by atoms with E-state index in [1.54, 1.807) is 18.8 Å². The SMILES string of the molecule is CC/C=C(\C=C/CCl)Cn1c(SCCC)nc2c1c(=O)n(CCC1(O)CC1)c(=O)n2C. The molecule has 2 aromatic rings. The van der Waals surface area contributed by atoms with Crippen LogP contribution in [-0.4, -0.2) is 41.0 Å². The van der Waals surface area contributed by atoms with Crippen molar-refractivity contribution in [1.29, 1.82) is 0 Å². The van der Waals surface area contributed by atoms with Gasteiger partial charge in [-0.3, -0.25) is 13.9 Å². The highest BCUT2D eigenvalue weighted by Crippen LogP contribution is 2.38. The van der Waals surface area contributed by atoms with Gasteiger partial charge in [-0.1, -0.05) is 43.8 Å². The number of rotatable bonds is 11. The molecule has 0 aliphatic heterocycles. The lowest BCUT2D eigenvalue weighted by molar-refractivity contribution is 0.133. The molecule has 170 valence electrons. The molecule has 0 radical (unpaired) electrons. The Balaban J connectivity index is 2.15. The summed E-state index contributed by atoms with van der Waals surface area (Å²) in [6.45, 7) is 4.83. The second-order valence-corrected chi connectivity index (χ2v) is 9.39. The minimum absolute atomic E-state index is 0.199. The van der Waals surface area contributed by atoms with Crippen molar-refractivity contribution in [2.45, 2.75) is 69.8 Å². The summed E-state index contributed by atoms with van der Waals surface area (Å²) in [6, 6.07) is 0. The molecule has 0 saturated heterocycles. The summed E-state index contributed by atoms with van der Waals surface area (Å²) in [6.07, 6.45) is 9.62. The summed E-state index contributed by atoms with van der Waals surface area (Å²) in [4.78, 5) is 31.0. The van der Waals surface area contributed by atoms with E-state index in [2.05, 4.69) is 24.9 Å². The first-order valence-electron chi connectivity index (χ1n) is 10.8. The molecule has 9 heteroatoms. The number of hydrogen-bond acceptors (Lipinski definition) is 5. The number of nitrogens with zero attached hydrogens (tertiary/aromatic N) is 4. The second-order valence-electron chi connectivity index (χ2n) is 8.02. The molecule has 1 fully saturated rings. The van der Waals surface area contributed by atoms with Crippen LogP contribution in [0.25, 0.3) is 11.2 Å². The van der Waals surface area contributed by atoms with Gasteiger partial charge in [-0.15, -0.1) is 11.6 Å². The Morgan fingerprint density at radius 3 is 2.65 bits per heavy atom. The van der Waals surface area contributed by atoms with Crippen molar-refractivity contribution in [2.24, 2.45) is 7.05 Å². The molecule has 3 rings (SSSR count). The van der Waals surface area contributed by atoms with E-state index in [1.807, 2.05) is 16.7 Å². The monoisotopic (exact) mass is 466 g/mol. The molecule has 7 nitrogen and oxygen atoms in total. The van der Waals surface area contributed by atoms with Gasteiger partial charge in [0.05, 0.1) is 12.1 Å². The molecule has 0 spiro atoms. The van der Waals surface area contributed by atoms with Gasteiger partial charge in [0, 0.05) is 25.2 Å². The zero-order chi connectivity index (χ0) is 22.6. The molecule has 0 atom stereocenters. The van der Waals surface area contributed by atoms with Gasteiger partial charge in [0.15, 0.2) is 16.3 Å². The average molecular weight is 467 g/mol. The van der Waals surface area contributed by atoms with Gasteiger partial charge >= 0.3 is 5.69 Å². The van der Waals surface area contributed by atoms with Crippen molar-refractivity contribution in [2.75, 3.05) is 11.6 Å². The molecule has 2 heterocycles. The standard InChI is InChI=1S/C22H31ClN4O3S/c1-4-7-16(8-6-12-23)15-27-17-18(24-20(27)31-14-5-2)25(3)21(29)26(19(17)28)13-11-22(30)9-10-22/h6-8,30H,4-5,9-15H2,1-3H3/b8-6-,16-7+. The molecule has 0 unspecified atom stereocenters. The lowest BCUT2D eigenvalue weighted by Gasteiger charge is -2.13. The highest BCUT2D eigenvalue weighted by Gasteiger charge is 2.40. The maximum Gasteiger partial charge on any atom is 0.332 e. The molecule has 0 aromatic carbocycles. The summed E-state index contributed by atoms with van der Waals surface area (Å²) in [7, 11) is 1.65. The van der Waals surface area contributed by atoms with Crippen molar-refractivity contribution in [3.63, 3.8) is 0 Å². The first kappa shape index (κ1) is 23.9. The number of alkyl halides is 1. The molecule has 0 bridgehead atoms. The number of imidazole rings is 1. The van der Waals surface area contributed by atoms with Crippen molar-refractivity contribution in [3.05, 3.63) is 44.6 Å². The highest BCUT2D eigenvalue weighted by molar-refractivity contribution is 7.99. The molecule has 2 aromatic heterocycles. The molecule has 0 amide bonds. The third-order valence-electron chi connectivity index (χ3n) is 5.49. The maximum atomic E-state index is 13.4. The predicted octanol–water partition coefficient (Wildman–Crippen LogP) is 3.45. The molecular formula is C22H31ClN4O3S. The average Bonchev–Trinajstić information content (AvgIpc) is 3.37. The van der Waals surface area contributed by atoms with Crippen LogP contribution in [-0.2, 0) is 20.1 Å². The van der Waals surface area contributed by atoms with Crippen LogP contribution in [0.5, 0.6) is 0 Å². The van der Waals surface area contributed by atoms with Gasteiger partial charge in [0.25, 0.3) is 5.56 Å². The summed E-state index contributed by atoms with van der Waals surface area (Å²) >= 11 is 7.42. The fourth-order valence-electron chi connectivity index (χ4n) is 3.54. The van der Waals surface area contributed by atoms with Crippen LogP contribution in [0, 0.1) is 0 Å². The maximum absolute atomic E-state index is 13.4. The normalized spacial score (nSPS) is 16.0. The van der Waals surface area contributed by atoms with Crippen LogP contribution in [0.2, 0.25) is 0 Å². The zero-order valence-corrected chi connectivity index (χ0v) is 20.0. The van der Waals surface area contributed by atoms with Crippen LogP contribution in [0.3, 0.4) is 0 Å².